The summed E-state index contributed by atoms with van der Waals surface area (Å²) < 4.78 is 10.6. The molecule has 3 N–H and O–H groups in total. The van der Waals surface area contributed by atoms with Gasteiger partial charge >= 0.3 is 0 Å². The van der Waals surface area contributed by atoms with Gasteiger partial charge in [0.25, 0.3) is 0 Å². The Kier molecular flexibility index (Phi) is 5.11. The molecule has 6 nitrogen and oxygen atoms in total. The van der Waals surface area contributed by atoms with Crippen LogP contribution in [0.5, 0.6) is 5.88 Å². The van der Waals surface area contributed by atoms with Crippen LogP contribution in [0, 0.1) is 0 Å². The van der Waals surface area contributed by atoms with Crippen molar-refractivity contribution in [2.75, 3.05) is 12.5 Å². The maximum absolute atomic E-state index is 5.83. The highest BCUT2D eigenvalue weighted by molar-refractivity contribution is 6.30. The number of ether oxygens (including phenoxy) is 2. The second-order valence-electron chi connectivity index (χ2n) is 4.00. The number of aromatic nitrogens is 2. The van der Waals surface area contributed by atoms with Crippen molar-refractivity contribution in [3.63, 3.8) is 0 Å². The predicted octanol–water partition coefficient (Wildman–Crippen LogP) is 2.14. The number of hydrogen-bond acceptors (Lipinski definition) is 6. The summed E-state index contributed by atoms with van der Waals surface area (Å²) in [5, 5.41) is 0.688. The normalized spacial score (nSPS) is 10.3. The lowest BCUT2D eigenvalue weighted by Crippen LogP contribution is -2.11. The van der Waals surface area contributed by atoms with Gasteiger partial charge in [-0.15, -0.1) is 0 Å². The van der Waals surface area contributed by atoms with Crippen molar-refractivity contribution in [2.24, 2.45) is 5.84 Å². The predicted molar refractivity (Wildman–Crippen MR) is 76.3 cm³/mol. The third-order valence-corrected chi connectivity index (χ3v) is 2.72. The molecule has 20 heavy (non-hydrogen) atoms. The van der Waals surface area contributed by atoms with E-state index in [1.807, 2.05) is 24.3 Å². The molecule has 2 rings (SSSR count). The molecule has 0 aliphatic rings. The molecule has 0 atom stereocenters. The highest BCUT2D eigenvalue weighted by Gasteiger charge is 2.05. The van der Waals surface area contributed by atoms with Gasteiger partial charge in [-0.05, 0) is 17.7 Å². The average molecular weight is 295 g/mol. The summed E-state index contributed by atoms with van der Waals surface area (Å²) in [6.07, 6.45) is 0. The summed E-state index contributed by atoms with van der Waals surface area (Å²) in [7, 11) is 1.57. The largest absolute Gasteiger partial charge is 0.473 e. The van der Waals surface area contributed by atoms with Crippen LogP contribution in [0.2, 0.25) is 5.02 Å². The molecule has 106 valence electrons. The van der Waals surface area contributed by atoms with Crippen LogP contribution in [0.15, 0.2) is 30.3 Å². The molecule has 1 aromatic carbocycles. The first-order valence-electron chi connectivity index (χ1n) is 5.92. The van der Waals surface area contributed by atoms with Crippen LogP contribution in [-0.4, -0.2) is 17.1 Å². The Balaban J connectivity index is 2.07. The Morgan fingerprint density at radius 2 is 1.95 bits per heavy atom. The van der Waals surface area contributed by atoms with Crippen LogP contribution in [0.25, 0.3) is 0 Å². The second-order valence-corrected chi connectivity index (χ2v) is 4.44. The number of rotatable bonds is 6. The van der Waals surface area contributed by atoms with E-state index in [2.05, 4.69) is 15.4 Å². The van der Waals surface area contributed by atoms with Crippen LogP contribution >= 0.6 is 11.6 Å². The molecule has 2 aromatic rings. The van der Waals surface area contributed by atoms with Gasteiger partial charge in [-0.1, -0.05) is 23.7 Å². The fraction of sp³-hybridized carbons (Fsp3) is 0.231. The van der Waals surface area contributed by atoms with Gasteiger partial charge in [-0.2, -0.15) is 4.98 Å². The average Bonchev–Trinajstić information content (AvgIpc) is 2.47. The summed E-state index contributed by atoms with van der Waals surface area (Å²) in [4.78, 5) is 8.36. The van der Waals surface area contributed by atoms with Crippen molar-refractivity contribution in [2.45, 2.75) is 13.2 Å². The Morgan fingerprint density at radius 1 is 1.20 bits per heavy atom. The standard InChI is InChI=1S/C13H15ClN4O2/c1-19-8-12-16-11(18-15)6-13(17-12)20-7-9-2-4-10(14)5-3-9/h2-6H,7-8,15H2,1H3,(H,16,17,18). The Hall–Kier alpha value is -1.89. The minimum atomic E-state index is 0.285. The Labute approximate surface area is 121 Å². The minimum Gasteiger partial charge on any atom is -0.473 e. The van der Waals surface area contributed by atoms with Crippen molar-refractivity contribution < 1.29 is 9.47 Å². The molecule has 0 unspecified atom stereocenters. The lowest BCUT2D eigenvalue weighted by molar-refractivity contribution is 0.176. The molecule has 0 saturated heterocycles. The van der Waals surface area contributed by atoms with E-state index in [4.69, 9.17) is 26.9 Å². The van der Waals surface area contributed by atoms with Crippen LogP contribution in [0.1, 0.15) is 11.4 Å². The number of anilines is 1. The first-order valence-corrected chi connectivity index (χ1v) is 6.30. The molecule has 0 bridgehead atoms. The lowest BCUT2D eigenvalue weighted by Gasteiger charge is -2.09. The summed E-state index contributed by atoms with van der Waals surface area (Å²) >= 11 is 5.83. The number of benzene rings is 1. The number of methoxy groups -OCH3 is 1. The maximum atomic E-state index is 5.83. The molecule has 0 aliphatic carbocycles. The molecule has 0 radical (unpaired) electrons. The fourth-order valence-electron chi connectivity index (χ4n) is 1.55. The van der Waals surface area contributed by atoms with Gasteiger partial charge in [-0.3, -0.25) is 0 Å². The van der Waals surface area contributed by atoms with Crippen molar-refractivity contribution >= 4 is 17.4 Å². The molecule has 0 fully saturated rings. The van der Waals surface area contributed by atoms with Gasteiger partial charge in [0.1, 0.15) is 19.0 Å². The first kappa shape index (κ1) is 14.5. The number of hydrazine groups is 1. The summed E-state index contributed by atoms with van der Waals surface area (Å²) in [6, 6.07) is 9.02. The van der Waals surface area contributed by atoms with Gasteiger partial charge in [0.05, 0.1) is 0 Å². The highest BCUT2D eigenvalue weighted by atomic mass is 35.5. The van der Waals surface area contributed by atoms with Crippen molar-refractivity contribution in [1.29, 1.82) is 0 Å². The molecule has 0 saturated carbocycles. The van der Waals surface area contributed by atoms with Gasteiger partial charge in [0.2, 0.25) is 5.88 Å². The minimum absolute atomic E-state index is 0.285. The van der Waals surface area contributed by atoms with E-state index in [0.29, 0.717) is 29.2 Å². The summed E-state index contributed by atoms with van der Waals surface area (Å²) in [5.74, 6) is 6.75. The molecular formula is C13H15ClN4O2. The number of nitrogens with zero attached hydrogens (tertiary/aromatic N) is 2. The van der Waals surface area contributed by atoms with E-state index in [-0.39, 0.29) is 6.61 Å². The molecule has 1 heterocycles. The van der Waals surface area contributed by atoms with Crippen molar-refractivity contribution in [1.82, 2.24) is 9.97 Å². The zero-order chi connectivity index (χ0) is 14.4. The number of hydrogen-bond donors (Lipinski definition) is 2. The van der Waals surface area contributed by atoms with Crippen LogP contribution < -0.4 is 16.0 Å². The maximum Gasteiger partial charge on any atom is 0.219 e. The highest BCUT2D eigenvalue weighted by Crippen LogP contribution is 2.16. The smallest absolute Gasteiger partial charge is 0.219 e. The van der Waals surface area contributed by atoms with E-state index in [1.54, 1.807) is 13.2 Å². The van der Waals surface area contributed by atoms with Crippen LogP contribution in [-0.2, 0) is 18.0 Å². The zero-order valence-corrected chi connectivity index (χ0v) is 11.7. The number of nitrogens with one attached hydrogen (secondary N) is 1. The fourth-order valence-corrected chi connectivity index (χ4v) is 1.68. The van der Waals surface area contributed by atoms with Gasteiger partial charge < -0.3 is 14.9 Å². The van der Waals surface area contributed by atoms with E-state index in [0.717, 1.165) is 5.56 Å². The monoisotopic (exact) mass is 294 g/mol. The van der Waals surface area contributed by atoms with E-state index in [1.165, 1.54) is 0 Å². The third-order valence-electron chi connectivity index (χ3n) is 2.47. The number of nitrogens with two attached hydrogens (primary N) is 1. The van der Waals surface area contributed by atoms with Crippen molar-refractivity contribution in [3.8, 4) is 5.88 Å². The molecule has 0 spiro atoms. The van der Waals surface area contributed by atoms with E-state index in [9.17, 15) is 0 Å². The summed E-state index contributed by atoms with van der Waals surface area (Å²) in [5.41, 5.74) is 3.46. The third kappa shape index (κ3) is 4.06. The summed E-state index contributed by atoms with van der Waals surface area (Å²) in [6.45, 7) is 0.664. The number of nitrogen functional groups attached to an aromatic ring is 1. The molecular weight excluding hydrogens is 280 g/mol. The van der Waals surface area contributed by atoms with E-state index < -0.39 is 0 Å². The second kappa shape index (κ2) is 7.04. The topological polar surface area (TPSA) is 82.3 Å². The van der Waals surface area contributed by atoms with Gasteiger partial charge in [-0.25, -0.2) is 10.8 Å². The van der Waals surface area contributed by atoms with Gasteiger partial charge in [0.15, 0.2) is 5.82 Å². The SMILES string of the molecule is COCc1nc(NN)cc(OCc2ccc(Cl)cc2)n1. The van der Waals surface area contributed by atoms with Crippen molar-refractivity contribution in [3.05, 3.63) is 46.7 Å². The van der Waals surface area contributed by atoms with Gasteiger partial charge in [0, 0.05) is 18.2 Å². The Morgan fingerprint density at radius 3 is 2.60 bits per heavy atom. The number of halogens is 1. The van der Waals surface area contributed by atoms with Crippen LogP contribution in [0.3, 0.4) is 0 Å². The van der Waals surface area contributed by atoms with Crippen LogP contribution in [0.4, 0.5) is 5.82 Å². The molecule has 0 amide bonds. The first-order chi connectivity index (χ1) is 9.71. The Bertz CT molecular complexity index is 563. The zero-order valence-electron chi connectivity index (χ0n) is 11.0. The van der Waals surface area contributed by atoms with E-state index >= 15 is 0 Å². The molecule has 7 heteroatoms. The lowest BCUT2D eigenvalue weighted by atomic mass is 10.2. The molecule has 1 aromatic heterocycles. The molecule has 0 aliphatic heterocycles. The quantitative estimate of drug-likeness (QED) is 0.627.